The molecule has 0 aliphatic carbocycles. The standard InChI is InChI=1S/C19H24N4O/c1-15-11-20-22(12-15)13-17-6-4-9-21(17)14-19(24)23-10-8-16-5-2-3-7-18(16)23/h2-3,5,7,11-12,17H,4,6,8-10,13-14H2,1H3/t17-/m0/s1. The van der Waals surface area contributed by atoms with Crippen molar-refractivity contribution >= 4 is 11.6 Å². The molecular weight excluding hydrogens is 300 g/mol. The first-order chi connectivity index (χ1) is 11.7. The summed E-state index contributed by atoms with van der Waals surface area (Å²) >= 11 is 0. The first-order valence-corrected chi connectivity index (χ1v) is 8.82. The van der Waals surface area contributed by atoms with Gasteiger partial charge in [0.1, 0.15) is 0 Å². The van der Waals surface area contributed by atoms with Crippen molar-refractivity contribution in [1.82, 2.24) is 14.7 Å². The number of likely N-dealkylation sites (tertiary alicyclic amines) is 1. The highest BCUT2D eigenvalue weighted by atomic mass is 16.2. The van der Waals surface area contributed by atoms with Gasteiger partial charge in [0, 0.05) is 24.5 Å². The number of nitrogens with zero attached hydrogens (tertiary/aromatic N) is 4. The number of fused-ring (bicyclic) bond motifs is 1. The van der Waals surface area contributed by atoms with Crippen LogP contribution < -0.4 is 4.90 Å². The number of anilines is 1. The summed E-state index contributed by atoms with van der Waals surface area (Å²) in [5.41, 5.74) is 3.57. The molecule has 126 valence electrons. The van der Waals surface area contributed by atoms with Crippen molar-refractivity contribution in [3.8, 4) is 0 Å². The summed E-state index contributed by atoms with van der Waals surface area (Å²) in [6.07, 6.45) is 7.25. The number of carbonyl (C=O) groups is 1. The minimum atomic E-state index is 0.225. The molecule has 5 nitrogen and oxygen atoms in total. The molecule has 3 heterocycles. The van der Waals surface area contributed by atoms with E-state index in [0.29, 0.717) is 12.6 Å². The summed E-state index contributed by atoms with van der Waals surface area (Å²) in [5.74, 6) is 0.225. The molecule has 1 atom stereocenters. The van der Waals surface area contributed by atoms with Crippen LogP contribution in [0.3, 0.4) is 0 Å². The maximum Gasteiger partial charge on any atom is 0.241 e. The van der Waals surface area contributed by atoms with E-state index in [1.165, 1.54) is 11.1 Å². The van der Waals surface area contributed by atoms with E-state index >= 15 is 0 Å². The maximum atomic E-state index is 12.8. The van der Waals surface area contributed by atoms with Crippen molar-refractivity contribution in [2.75, 3.05) is 24.5 Å². The summed E-state index contributed by atoms with van der Waals surface area (Å²) in [6, 6.07) is 8.67. The number of aromatic nitrogens is 2. The zero-order chi connectivity index (χ0) is 16.5. The van der Waals surface area contributed by atoms with Crippen LogP contribution >= 0.6 is 0 Å². The number of benzene rings is 1. The predicted molar refractivity (Wildman–Crippen MR) is 94.1 cm³/mol. The lowest BCUT2D eigenvalue weighted by Crippen LogP contribution is -2.43. The molecule has 0 spiro atoms. The molecule has 0 saturated carbocycles. The third kappa shape index (κ3) is 2.96. The first kappa shape index (κ1) is 15.4. The second-order valence-electron chi connectivity index (χ2n) is 6.93. The van der Waals surface area contributed by atoms with Crippen molar-refractivity contribution in [3.63, 3.8) is 0 Å². The summed E-state index contributed by atoms with van der Waals surface area (Å²) in [7, 11) is 0. The average Bonchev–Trinajstić information content (AvgIpc) is 3.28. The Bertz CT molecular complexity index is 738. The normalized spacial score (nSPS) is 20.5. The maximum absolute atomic E-state index is 12.8. The van der Waals surface area contributed by atoms with Gasteiger partial charge < -0.3 is 4.90 Å². The summed E-state index contributed by atoms with van der Waals surface area (Å²) in [4.78, 5) is 17.1. The van der Waals surface area contributed by atoms with Crippen molar-refractivity contribution in [2.45, 2.75) is 38.8 Å². The number of para-hydroxylation sites is 1. The van der Waals surface area contributed by atoms with Crippen LogP contribution in [0.1, 0.15) is 24.0 Å². The molecule has 0 radical (unpaired) electrons. The van der Waals surface area contributed by atoms with E-state index in [0.717, 1.165) is 44.6 Å². The van der Waals surface area contributed by atoms with Crippen LogP contribution in [-0.4, -0.2) is 46.3 Å². The number of rotatable bonds is 4. The van der Waals surface area contributed by atoms with E-state index in [2.05, 4.69) is 41.3 Å². The number of amides is 1. The van der Waals surface area contributed by atoms with Gasteiger partial charge in [0.25, 0.3) is 0 Å². The fourth-order valence-electron chi connectivity index (χ4n) is 3.95. The van der Waals surface area contributed by atoms with Crippen LogP contribution in [0.2, 0.25) is 0 Å². The van der Waals surface area contributed by atoms with Gasteiger partial charge in [-0.2, -0.15) is 5.10 Å². The monoisotopic (exact) mass is 324 g/mol. The molecule has 4 rings (SSSR count). The summed E-state index contributed by atoms with van der Waals surface area (Å²) < 4.78 is 2.01. The Kier molecular flexibility index (Phi) is 4.10. The number of carbonyl (C=O) groups excluding carboxylic acids is 1. The molecule has 0 unspecified atom stereocenters. The van der Waals surface area contributed by atoms with Gasteiger partial charge in [-0.05, 0) is 49.9 Å². The smallest absolute Gasteiger partial charge is 0.241 e. The Balaban J connectivity index is 1.42. The van der Waals surface area contributed by atoms with Gasteiger partial charge in [0.15, 0.2) is 0 Å². The minimum Gasteiger partial charge on any atom is -0.311 e. The van der Waals surface area contributed by atoms with E-state index in [9.17, 15) is 4.79 Å². The number of hydrogen-bond donors (Lipinski definition) is 0. The molecule has 1 saturated heterocycles. The van der Waals surface area contributed by atoms with Crippen LogP contribution in [0.25, 0.3) is 0 Å². The van der Waals surface area contributed by atoms with Crippen LogP contribution in [-0.2, 0) is 17.8 Å². The zero-order valence-electron chi connectivity index (χ0n) is 14.2. The van der Waals surface area contributed by atoms with E-state index in [1.54, 1.807) is 0 Å². The molecule has 1 aromatic heterocycles. The molecule has 5 heteroatoms. The molecular formula is C19H24N4O. The molecule has 0 bridgehead atoms. The molecule has 2 aliphatic rings. The highest BCUT2D eigenvalue weighted by molar-refractivity contribution is 5.96. The van der Waals surface area contributed by atoms with Crippen molar-refractivity contribution in [1.29, 1.82) is 0 Å². The molecule has 24 heavy (non-hydrogen) atoms. The Hall–Kier alpha value is -2.14. The van der Waals surface area contributed by atoms with E-state index in [4.69, 9.17) is 0 Å². The number of aryl methyl sites for hydroxylation is 1. The van der Waals surface area contributed by atoms with Crippen LogP contribution in [0.4, 0.5) is 5.69 Å². The Morgan fingerprint density at radius 1 is 1.29 bits per heavy atom. The molecule has 1 aromatic carbocycles. The molecule has 0 N–H and O–H groups in total. The molecule has 1 fully saturated rings. The van der Waals surface area contributed by atoms with Crippen molar-refractivity contribution in [2.24, 2.45) is 0 Å². The average molecular weight is 324 g/mol. The topological polar surface area (TPSA) is 41.4 Å². The van der Waals surface area contributed by atoms with Gasteiger partial charge in [-0.25, -0.2) is 0 Å². The second kappa shape index (κ2) is 6.40. The SMILES string of the molecule is Cc1cnn(C[C@@H]2CCCN2CC(=O)N2CCc3ccccc32)c1. The van der Waals surface area contributed by atoms with Gasteiger partial charge in [-0.1, -0.05) is 18.2 Å². The fourth-order valence-corrected chi connectivity index (χ4v) is 3.95. The lowest BCUT2D eigenvalue weighted by molar-refractivity contribution is -0.119. The Morgan fingerprint density at radius 2 is 2.17 bits per heavy atom. The summed E-state index contributed by atoms with van der Waals surface area (Å²) in [5, 5.41) is 4.39. The Labute approximate surface area is 142 Å². The molecule has 2 aliphatic heterocycles. The van der Waals surface area contributed by atoms with E-state index in [1.807, 2.05) is 21.8 Å². The highest BCUT2D eigenvalue weighted by Crippen LogP contribution is 2.28. The first-order valence-electron chi connectivity index (χ1n) is 8.82. The predicted octanol–water partition coefficient (Wildman–Crippen LogP) is 2.25. The van der Waals surface area contributed by atoms with Gasteiger partial charge >= 0.3 is 0 Å². The molecule has 1 amide bonds. The van der Waals surface area contributed by atoms with E-state index < -0.39 is 0 Å². The van der Waals surface area contributed by atoms with Crippen molar-refractivity contribution in [3.05, 3.63) is 47.8 Å². The summed E-state index contributed by atoms with van der Waals surface area (Å²) in [6.45, 7) is 5.27. The quantitative estimate of drug-likeness (QED) is 0.866. The van der Waals surface area contributed by atoms with E-state index in [-0.39, 0.29) is 5.91 Å². The van der Waals surface area contributed by atoms with Crippen LogP contribution in [0.5, 0.6) is 0 Å². The highest BCUT2D eigenvalue weighted by Gasteiger charge is 2.30. The number of hydrogen-bond acceptors (Lipinski definition) is 3. The Morgan fingerprint density at radius 3 is 3.00 bits per heavy atom. The van der Waals surface area contributed by atoms with Crippen LogP contribution in [0, 0.1) is 6.92 Å². The van der Waals surface area contributed by atoms with Crippen LogP contribution in [0.15, 0.2) is 36.7 Å². The lowest BCUT2D eigenvalue weighted by atomic mass is 10.2. The van der Waals surface area contributed by atoms with Gasteiger partial charge in [-0.15, -0.1) is 0 Å². The van der Waals surface area contributed by atoms with Gasteiger partial charge in [-0.3, -0.25) is 14.4 Å². The minimum absolute atomic E-state index is 0.225. The third-order valence-corrected chi connectivity index (χ3v) is 5.19. The second-order valence-corrected chi connectivity index (χ2v) is 6.93. The third-order valence-electron chi connectivity index (χ3n) is 5.19. The zero-order valence-corrected chi connectivity index (χ0v) is 14.2. The molecule has 2 aromatic rings. The largest absolute Gasteiger partial charge is 0.311 e. The fraction of sp³-hybridized carbons (Fsp3) is 0.474. The van der Waals surface area contributed by atoms with Gasteiger partial charge in [0.05, 0.1) is 19.3 Å². The van der Waals surface area contributed by atoms with Crippen molar-refractivity contribution < 1.29 is 4.79 Å². The van der Waals surface area contributed by atoms with Gasteiger partial charge in [0.2, 0.25) is 5.91 Å². The lowest BCUT2D eigenvalue weighted by Gasteiger charge is -2.26.